The lowest BCUT2D eigenvalue weighted by molar-refractivity contribution is -0.120. The second-order valence-electron chi connectivity index (χ2n) is 6.29. The maximum atomic E-state index is 11.1. The Morgan fingerprint density at radius 1 is 0.680 bits per heavy atom. The Labute approximate surface area is 156 Å². The van der Waals surface area contributed by atoms with E-state index in [0.717, 1.165) is 45.1 Å². The minimum absolute atomic E-state index is 0.151. The summed E-state index contributed by atoms with van der Waals surface area (Å²) >= 11 is 0. The summed E-state index contributed by atoms with van der Waals surface area (Å²) in [6, 6.07) is 0. The number of hydrogen-bond acceptors (Lipinski definition) is 1. The van der Waals surface area contributed by atoms with Crippen LogP contribution in [0.5, 0.6) is 0 Å². The molecule has 0 aliphatic rings. The molecule has 0 spiro atoms. The van der Waals surface area contributed by atoms with Crippen LogP contribution < -0.4 is 5.32 Å². The Kier molecular flexibility index (Phi) is 19.2. The third-order valence-electron chi connectivity index (χ3n) is 3.90. The van der Waals surface area contributed by atoms with Gasteiger partial charge < -0.3 is 5.32 Å². The van der Waals surface area contributed by atoms with E-state index >= 15 is 0 Å². The second kappa shape index (κ2) is 20.5. The van der Waals surface area contributed by atoms with Gasteiger partial charge in [-0.15, -0.1) is 0 Å². The summed E-state index contributed by atoms with van der Waals surface area (Å²) < 4.78 is 0. The quantitative estimate of drug-likeness (QED) is 0.246. The lowest BCUT2D eigenvalue weighted by Gasteiger charge is -2.01. The molecule has 0 aromatic carbocycles. The van der Waals surface area contributed by atoms with Crippen LogP contribution in [0.2, 0.25) is 0 Å². The highest BCUT2D eigenvalue weighted by molar-refractivity contribution is 5.75. The highest BCUT2D eigenvalue weighted by atomic mass is 16.1. The van der Waals surface area contributed by atoms with E-state index in [2.05, 4.69) is 60.8 Å². The molecule has 0 heterocycles. The predicted octanol–water partition coefficient (Wildman–Crippen LogP) is 6.66. The standard InChI is InChI=1S/C23H39NO/c1-3-5-6-7-8-9-10-11-12-13-14-15-16-17-18-19-20-21-22-24-23(25)4-2/h8-9,11-12,14-15,17-18H,3-7,10,13,16,19-22H2,1-2H3,(H,24,25)/b9-8-,12-11-,15-14-,18-17-. The average molecular weight is 346 g/mol. The van der Waals surface area contributed by atoms with E-state index in [0.29, 0.717) is 6.42 Å². The minimum atomic E-state index is 0.151. The Hall–Kier alpha value is -1.57. The van der Waals surface area contributed by atoms with Gasteiger partial charge in [-0.05, 0) is 51.4 Å². The molecule has 0 aromatic heterocycles. The van der Waals surface area contributed by atoms with E-state index in [1.54, 1.807) is 0 Å². The largest absolute Gasteiger partial charge is 0.356 e. The number of rotatable bonds is 16. The topological polar surface area (TPSA) is 29.1 Å². The van der Waals surface area contributed by atoms with E-state index in [-0.39, 0.29) is 5.91 Å². The molecule has 0 rings (SSSR count). The maximum Gasteiger partial charge on any atom is 0.219 e. The van der Waals surface area contributed by atoms with Gasteiger partial charge in [0, 0.05) is 13.0 Å². The van der Waals surface area contributed by atoms with Gasteiger partial charge in [0.1, 0.15) is 0 Å². The van der Waals surface area contributed by atoms with Crippen molar-refractivity contribution >= 4 is 5.91 Å². The molecule has 0 saturated carbocycles. The van der Waals surface area contributed by atoms with Gasteiger partial charge in [-0.3, -0.25) is 4.79 Å². The first-order valence-electron chi connectivity index (χ1n) is 10.2. The molecule has 0 bridgehead atoms. The normalized spacial score (nSPS) is 12.2. The molecule has 0 unspecified atom stereocenters. The molecular weight excluding hydrogens is 306 g/mol. The van der Waals surface area contributed by atoms with E-state index in [1.807, 2.05) is 6.92 Å². The summed E-state index contributed by atoms with van der Waals surface area (Å²) in [5.41, 5.74) is 0. The molecule has 0 fully saturated rings. The van der Waals surface area contributed by atoms with Crippen molar-refractivity contribution in [1.82, 2.24) is 5.32 Å². The molecule has 1 amide bonds. The number of hydrogen-bond donors (Lipinski definition) is 1. The zero-order valence-electron chi connectivity index (χ0n) is 16.5. The molecule has 2 heteroatoms. The molecule has 142 valence electrons. The van der Waals surface area contributed by atoms with Crippen LogP contribution in [0.3, 0.4) is 0 Å². The zero-order valence-corrected chi connectivity index (χ0v) is 16.5. The third kappa shape index (κ3) is 20.4. The number of allylic oxidation sites excluding steroid dienone is 8. The Morgan fingerprint density at radius 3 is 1.64 bits per heavy atom. The van der Waals surface area contributed by atoms with E-state index in [4.69, 9.17) is 0 Å². The zero-order chi connectivity index (χ0) is 18.4. The highest BCUT2D eigenvalue weighted by Crippen LogP contribution is 2.01. The molecule has 25 heavy (non-hydrogen) atoms. The Morgan fingerprint density at radius 2 is 1.16 bits per heavy atom. The number of amides is 1. The molecule has 0 saturated heterocycles. The van der Waals surface area contributed by atoms with Crippen molar-refractivity contribution in [2.24, 2.45) is 0 Å². The van der Waals surface area contributed by atoms with Gasteiger partial charge >= 0.3 is 0 Å². The predicted molar refractivity (Wildman–Crippen MR) is 112 cm³/mol. The lowest BCUT2D eigenvalue weighted by atomic mass is 10.2. The molecule has 0 aliphatic carbocycles. The lowest BCUT2D eigenvalue weighted by Crippen LogP contribution is -2.22. The van der Waals surface area contributed by atoms with Crippen LogP contribution in [0.1, 0.15) is 84.5 Å². The summed E-state index contributed by atoms with van der Waals surface area (Å²) in [4.78, 5) is 11.1. The minimum Gasteiger partial charge on any atom is -0.356 e. The van der Waals surface area contributed by atoms with E-state index in [9.17, 15) is 4.79 Å². The first kappa shape index (κ1) is 23.4. The SMILES string of the molecule is CCCCC/C=C\C/C=C\C/C=C\C/C=C\CCCCNC(=O)CC. The van der Waals surface area contributed by atoms with Crippen molar-refractivity contribution < 1.29 is 4.79 Å². The summed E-state index contributed by atoms with van der Waals surface area (Å²) in [6.07, 6.45) is 30.1. The fraction of sp³-hybridized carbons (Fsp3) is 0.609. The molecule has 0 radical (unpaired) electrons. The average Bonchev–Trinajstić information content (AvgIpc) is 2.63. The van der Waals surface area contributed by atoms with Gasteiger partial charge in [0.15, 0.2) is 0 Å². The summed E-state index contributed by atoms with van der Waals surface area (Å²) in [5.74, 6) is 0.151. The van der Waals surface area contributed by atoms with Crippen molar-refractivity contribution in [3.05, 3.63) is 48.6 Å². The molecule has 0 aromatic rings. The van der Waals surface area contributed by atoms with Crippen LogP contribution in [0.4, 0.5) is 0 Å². The first-order valence-corrected chi connectivity index (χ1v) is 10.2. The summed E-state index contributed by atoms with van der Waals surface area (Å²) in [5, 5.41) is 2.90. The fourth-order valence-electron chi connectivity index (χ4n) is 2.30. The van der Waals surface area contributed by atoms with Crippen LogP contribution in [0.15, 0.2) is 48.6 Å². The number of carbonyl (C=O) groups is 1. The molecular formula is C23H39NO. The van der Waals surface area contributed by atoms with Gasteiger partial charge in [-0.25, -0.2) is 0 Å². The summed E-state index contributed by atoms with van der Waals surface area (Å²) in [7, 11) is 0. The van der Waals surface area contributed by atoms with Crippen molar-refractivity contribution in [3.63, 3.8) is 0 Å². The van der Waals surface area contributed by atoms with Crippen molar-refractivity contribution in [1.29, 1.82) is 0 Å². The number of carbonyl (C=O) groups excluding carboxylic acids is 1. The molecule has 0 aliphatic heterocycles. The molecule has 0 atom stereocenters. The monoisotopic (exact) mass is 345 g/mol. The Bertz CT molecular complexity index is 404. The van der Waals surface area contributed by atoms with Crippen LogP contribution in [-0.4, -0.2) is 12.5 Å². The smallest absolute Gasteiger partial charge is 0.219 e. The molecule has 1 N–H and O–H groups in total. The first-order chi connectivity index (χ1) is 12.3. The Balaban J connectivity index is 3.39. The van der Waals surface area contributed by atoms with E-state index < -0.39 is 0 Å². The van der Waals surface area contributed by atoms with Gasteiger partial charge in [-0.2, -0.15) is 0 Å². The van der Waals surface area contributed by atoms with Crippen LogP contribution >= 0.6 is 0 Å². The second-order valence-corrected chi connectivity index (χ2v) is 6.29. The van der Waals surface area contributed by atoms with E-state index in [1.165, 1.54) is 25.7 Å². The molecule has 2 nitrogen and oxygen atoms in total. The summed E-state index contributed by atoms with van der Waals surface area (Å²) in [6.45, 7) is 4.93. The van der Waals surface area contributed by atoms with Gasteiger partial charge in [-0.1, -0.05) is 75.3 Å². The van der Waals surface area contributed by atoms with Gasteiger partial charge in [0.05, 0.1) is 0 Å². The van der Waals surface area contributed by atoms with Crippen LogP contribution in [0, 0.1) is 0 Å². The fourth-order valence-corrected chi connectivity index (χ4v) is 2.30. The van der Waals surface area contributed by atoms with Crippen molar-refractivity contribution in [2.45, 2.75) is 84.5 Å². The van der Waals surface area contributed by atoms with Gasteiger partial charge in [0.2, 0.25) is 5.91 Å². The van der Waals surface area contributed by atoms with Crippen molar-refractivity contribution in [3.8, 4) is 0 Å². The van der Waals surface area contributed by atoms with Crippen LogP contribution in [0.25, 0.3) is 0 Å². The highest BCUT2D eigenvalue weighted by Gasteiger charge is 1.93. The number of nitrogens with one attached hydrogen (secondary N) is 1. The third-order valence-corrected chi connectivity index (χ3v) is 3.90. The van der Waals surface area contributed by atoms with Gasteiger partial charge in [0.25, 0.3) is 0 Å². The van der Waals surface area contributed by atoms with Crippen LogP contribution in [-0.2, 0) is 4.79 Å². The van der Waals surface area contributed by atoms with Crippen molar-refractivity contribution in [2.75, 3.05) is 6.54 Å². The number of unbranched alkanes of at least 4 members (excludes halogenated alkanes) is 5. The maximum absolute atomic E-state index is 11.1.